The van der Waals surface area contributed by atoms with Crippen molar-refractivity contribution in [3.05, 3.63) is 65.2 Å². The number of carbonyl (C=O) groups excluding carboxylic acids is 2. The minimum Gasteiger partial charge on any atom is -0.491 e. The molecule has 1 atom stereocenters. The SMILES string of the molecule is CCc1ccc(C(=O)COC(=O)c2ccc(OC[C@@H]3CCCO3)cc2)cc1. The molecule has 142 valence electrons. The third-order valence-corrected chi connectivity index (χ3v) is 4.57. The fourth-order valence-corrected chi connectivity index (χ4v) is 2.88. The lowest BCUT2D eigenvalue weighted by Gasteiger charge is -2.11. The Balaban J connectivity index is 1.47. The number of esters is 1. The van der Waals surface area contributed by atoms with Gasteiger partial charge in [-0.3, -0.25) is 4.79 Å². The minimum absolute atomic E-state index is 0.145. The first kappa shape index (κ1) is 19.1. The van der Waals surface area contributed by atoms with Crippen molar-refractivity contribution in [1.82, 2.24) is 0 Å². The van der Waals surface area contributed by atoms with Crippen LogP contribution >= 0.6 is 0 Å². The minimum atomic E-state index is -0.529. The van der Waals surface area contributed by atoms with Crippen LogP contribution in [0.15, 0.2) is 48.5 Å². The summed E-state index contributed by atoms with van der Waals surface area (Å²) in [6, 6.07) is 14.0. The van der Waals surface area contributed by atoms with Gasteiger partial charge in [0.15, 0.2) is 12.4 Å². The normalized spacial score (nSPS) is 16.1. The van der Waals surface area contributed by atoms with Gasteiger partial charge in [0.25, 0.3) is 0 Å². The van der Waals surface area contributed by atoms with E-state index in [4.69, 9.17) is 14.2 Å². The van der Waals surface area contributed by atoms with Crippen LogP contribution in [0.1, 0.15) is 46.0 Å². The Kier molecular flexibility index (Phi) is 6.60. The van der Waals surface area contributed by atoms with Gasteiger partial charge in [-0.05, 0) is 49.1 Å². The van der Waals surface area contributed by atoms with Crippen molar-refractivity contribution in [3.8, 4) is 5.75 Å². The highest BCUT2D eigenvalue weighted by Gasteiger charge is 2.16. The molecule has 2 aromatic carbocycles. The van der Waals surface area contributed by atoms with E-state index in [-0.39, 0.29) is 18.5 Å². The van der Waals surface area contributed by atoms with Gasteiger partial charge < -0.3 is 14.2 Å². The number of aryl methyl sites for hydroxylation is 1. The number of ether oxygens (including phenoxy) is 3. The molecule has 0 aromatic heterocycles. The van der Waals surface area contributed by atoms with Crippen molar-refractivity contribution < 1.29 is 23.8 Å². The molecule has 1 aliphatic rings. The molecule has 3 rings (SSSR count). The number of carbonyl (C=O) groups is 2. The lowest BCUT2D eigenvalue weighted by atomic mass is 10.1. The van der Waals surface area contributed by atoms with Crippen LogP contribution in [0, 0.1) is 0 Å². The van der Waals surface area contributed by atoms with E-state index in [0.717, 1.165) is 31.4 Å². The predicted molar refractivity (Wildman–Crippen MR) is 101 cm³/mol. The van der Waals surface area contributed by atoms with Gasteiger partial charge in [0, 0.05) is 12.2 Å². The molecule has 0 amide bonds. The second-order valence-corrected chi connectivity index (χ2v) is 6.52. The topological polar surface area (TPSA) is 61.8 Å². The first-order valence-electron chi connectivity index (χ1n) is 9.29. The molecule has 0 saturated carbocycles. The summed E-state index contributed by atoms with van der Waals surface area (Å²) < 4.78 is 16.3. The fourth-order valence-electron chi connectivity index (χ4n) is 2.88. The van der Waals surface area contributed by atoms with E-state index in [0.29, 0.717) is 23.5 Å². The zero-order valence-electron chi connectivity index (χ0n) is 15.5. The van der Waals surface area contributed by atoms with Crippen LogP contribution < -0.4 is 4.74 Å². The van der Waals surface area contributed by atoms with Crippen molar-refractivity contribution >= 4 is 11.8 Å². The first-order valence-corrected chi connectivity index (χ1v) is 9.29. The summed E-state index contributed by atoms with van der Waals surface area (Å²) >= 11 is 0. The van der Waals surface area contributed by atoms with Crippen molar-refractivity contribution in [2.45, 2.75) is 32.3 Å². The molecule has 1 heterocycles. The average molecular weight is 368 g/mol. The summed E-state index contributed by atoms with van der Waals surface area (Å²) in [6.07, 6.45) is 3.14. The van der Waals surface area contributed by atoms with Gasteiger partial charge in [0.2, 0.25) is 0 Å². The maximum Gasteiger partial charge on any atom is 0.338 e. The standard InChI is InChI=1S/C22H24O5/c1-2-16-5-7-17(8-6-16)21(23)15-27-22(24)18-9-11-19(12-10-18)26-14-20-4-3-13-25-20/h5-12,20H,2-4,13-15H2,1H3/t20-/m0/s1. The summed E-state index contributed by atoms with van der Waals surface area (Å²) in [5.74, 6) is -0.0733. The molecule has 5 heteroatoms. The Labute approximate surface area is 159 Å². The molecular formula is C22H24O5. The van der Waals surface area contributed by atoms with Gasteiger partial charge in [0.1, 0.15) is 12.4 Å². The molecule has 0 unspecified atom stereocenters. The largest absolute Gasteiger partial charge is 0.491 e. The Morgan fingerprint density at radius 1 is 1.04 bits per heavy atom. The molecule has 1 saturated heterocycles. The Morgan fingerprint density at radius 2 is 1.74 bits per heavy atom. The molecule has 0 N–H and O–H groups in total. The first-order chi connectivity index (χ1) is 13.2. The van der Waals surface area contributed by atoms with Crippen molar-refractivity contribution in [2.75, 3.05) is 19.8 Å². The Bertz CT molecular complexity index is 758. The van der Waals surface area contributed by atoms with Crippen LogP contribution in [-0.2, 0) is 15.9 Å². The Morgan fingerprint density at radius 3 is 2.37 bits per heavy atom. The van der Waals surface area contributed by atoms with E-state index in [1.807, 2.05) is 12.1 Å². The third kappa shape index (κ3) is 5.41. The molecule has 1 fully saturated rings. The number of hydrogen-bond donors (Lipinski definition) is 0. The fraction of sp³-hybridized carbons (Fsp3) is 0.364. The van der Waals surface area contributed by atoms with Crippen LogP contribution in [0.25, 0.3) is 0 Å². The lowest BCUT2D eigenvalue weighted by molar-refractivity contribution is 0.0474. The van der Waals surface area contributed by atoms with Crippen molar-refractivity contribution in [3.63, 3.8) is 0 Å². The monoisotopic (exact) mass is 368 g/mol. The van der Waals surface area contributed by atoms with Gasteiger partial charge in [-0.15, -0.1) is 0 Å². The van der Waals surface area contributed by atoms with Crippen molar-refractivity contribution in [2.24, 2.45) is 0 Å². The summed E-state index contributed by atoms with van der Waals surface area (Å²) in [6.45, 7) is 3.08. The van der Waals surface area contributed by atoms with Gasteiger partial charge in [0.05, 0.1) is 11.7 Å². The van der Waals surface area contributed by atoms with Crippen LogP contribution in [-0.4, -0.2) is 37.7 Å². The number of rotatable bonds is 8. The number of hydrogen-bond acceptors (Lipinski definition) is 5. The van der Waals surface area contributed by atoms with Gasteiger partial charge in [-0.1, -0.05) is 31.2 Å². The zero-order valence-corrected chi connectivity index (χ0v) is 15.5. The van der Waals surface area contributed by atoms with Crippen LogP contribution in [0.2, 0.25) is 0 Å². The van der Waals surface area contributed by atoms with E-state index in [9.17, 15) is 9.59 Å². The summed E-state index contributed by atoms with van der Waals surface area (Å²) in [5.41, 5.74) is 2.08. The van der Waals surface area contributed by atoms with E-state index in [1.54, 1.807) is 36.4 Å². The second-order valence-electron chi connectivity index (χ2n) is 6.52. The highest BCUT2D eigenvalue weighted by atomic mass is 16.5. The lowest BCUT2D eigenvalue weighted by Crippen LogP contribution is -2.16. The molecule has 2 aromatic rings. The highest BCUT2D eigenvalue weighted by molar-refractivity contribution is 5.99. The number of benzene rings is 2. The molecule has 5 nitrogen and oxygen atoms in total. The molecule has 0 aliphatic carbocycles. The molecule has 0 bridgehead atoms. The number of Topliss-reactive ketones (excluding diaryl/α,β-unsaturated/α-hetero) is 1. The van der Waals surface area contributed by atoms with E-state index in [2.05, 4.69) is 6.92 Å². The van der Waals surface area contributed by atoms with E-state index < -0.39 is 5.97 Å². The van der Waals surface area contributed by atoms with Crippen LogP contribution in [0.5, 0.6) is 5.75 Å². The Hall–Kier alpha value is -2.66. The van der Waals surface area contributed by atoms with Gasteiger partial charge in [-0.2, -0.15) is 0 Å². The smallest absolute Gasteiger partial charge is 0.338 e. The third-order valence-electron chi connectivity index (χ3n) is 4.57. The predicted octanol–water partition coefficient (Wildman–Crippen LogP) is 3.85. The summed E-state index contributed by atoms with van der Waals surface area (Å²) in [7, 11) is 0. The van der Waals surface area contributed by atoms with Gasteiger partial charge in [-0.25, -0.2) is 4.79 Å². The zero-order chi connectivity index (χ0) is 19.1. The van der Waals surface area contributed by atoms with Crippen molar-refractivity contribution in [1.29, 1.82) is 0 Å². The quantitative estimate of drug-likeness (QED) is 0.523. The van der Waals surface area contributed by atoms with Gasteiger partial charge >= 0.3 is 5.97 Å². The highest BCUT2D eigenvalue weighted by Crippen LogP contribution is 2.17. The van der Waals surface area contributed by atoms with E-state index >= 15 is 0 Å². The van der Waals surface area contributed by atoms with Crippen LogP contribution in [0.3, 0.4) is 0 Å². The molecule has 27 heavy (non-hydrogen) atoms. The summed E-state index contributed by atoms with van der Waals surface area (Å²) in [5, 5.41) is 0. The second kappa shape index (κ2) is 9.33. The number of ketones is 1. The average Bonchev–Trinajstić information content (AvgIpc) is 3.24. The van der Waals surface area contributed by atoms with Crippen LogP contribution in [0.4, 0.5) is 0 Å². The van der Waals surface area contributed by atoms with E-state index in [1.165, 1.54) is 0 Å². The molecule has 0 spiro atoms. The molecule has 1 aliphatic heterocycles. The molecule has 0 radical (unpaired) electrons. The molecular weight excluding hydrogens is 344 g/mol. The summed E-state index contributed by atoms with van der Waals surface area (Å²) in [4.78, 5) is 24.3. The maximum atomic E-state index is 12.1. The maximum absolute atomic E-state index is 12.1.